The summed E-state index contributed by atoms with van der Waals surface area (Å²) in [5, 5.41) is 4.27. The average Bonchev–Trinajstić information content (AvgIpc) is 3.32. The monoisotopic (exact) mass is 301 g/mol. The quantitative estimate of drug-likeness (QED) is 0.832. The fourth-order valence-corrected chi connectivity index (χ4v) is 2.52. The highest BCUT2D eigenvalue weighted by atomic mass is 35.5. The molecule has 1 aliphatic carbocycles. The van der Waals surface area contributed by atoms with Gasteiger partial charge < -0.3 is 10.1 Å². The van der Waals surface area contributed by atoms with Crippen LogP contribution in [-0.2, 0) is 6.54 Å². The van der Waals surface area contributed by atoms with Gasteiger partial charge in [-0.2, -0.15) is 0 Å². The minimum atomic E-state index is 0.0204. The number of hydrogen-bond acceptors (Lipinski definition) is 2. The molecule has 0 bridgehead atoms. The summed E-state index contributed by atoms with van der Waals surface area (Å²) in [6, 6.07) is 16.8. The summed E-state index contributed by atoms with van der Waals surface area (Å²) < 4.78 is 6.14. The van der Waals surface area contributed by atoms with Crippen molar-refractivity contribution in [3.8, 4) is 5.75 Å². The number of hydrogen-bond donors (Lipinski definition) is 1. The Kier molecular flexibility index (Phi) is 4.47. The third kappa shape index (κ3) is 3.99. The molecule has 1 unspecified atom stereocenters. The Hall–Kier alpha value is -1.51. The lowest BCUT2D eigenvalue weighted by Crippen LogP contribution is -2.16. The number of ether oxygens (including phenoxy) is 1. The van der Waals surface area contributed by atoms with Crippen LogP contribution in [0, 0.1) is 0 Å². The van der Waals surface area contributed by atoms with Crippen molar-refractivity contribution in [2.75, 3.05) is 0 Å². The molecule has 2 aromatic rings. The molecule has 1 N–H and O–H groups in total. The first-order valence-corrected chi connectivity index (χ1v) is 7.83. The van der Waals surface area contributed by atoms with E-state index in [0.29, 0.717) is 6.04 Å². The summed E-state index contributed by atoms with van der Waals surface area (Å²) in [6.45, 7) is 2.88. The highest BCUT2D eigenvalue weighted by Gasteiger charge is 2.21. The van der Waals surface area contributed by atoms with Crippen molar-refractivity contribution in [1.29, 1.82) is 0 Å². The molecule has 1 fully saturated rings. The molecule has 0 aliphatic heterocycles. The van der Waals surface area contributed by atoms with Gasteiger partial charge in [0.2, 0.25) is 0 Å². The third-order valence-corrected chi connectivity index (χ3v) is 3.99. The van der Waals surface area contributed by atoms with Gasteiger partial charge in [0.1, 0.15) is 11.9 Å². The van der Waals surface area contributed by atoms with E-state index < -0.39 is 0 Å². The molecule has 1 aliphatic rings. The minimum Gasteiger partial charge on any atom is -0.486 e. The predicted molar refractivity (Wildman–Crippen MR) is 86.8 cm³/mol. The van der Waals surface area contributed by atoms with E-state index in [1.165, 1.54) is 18.4 Å². The largest absolute Gasteiger partial charge is 0.486 e. The van der Waals surface area contributed by atoms with Gasteiger partial charge in [-0.05, 0) is 43.5 Å². The van der Waals surface area contributed by atoms with Crippen molar-refractivity contribution < 1.29 is 4.74 Å². The van der Waals surface area contributed by atoms with Crippen LogP contribution >= 0.6 is 11.6 Å². The summed E-state index contributed by atoms with van der Waals surface area (Å²) in [5.74, 6) is 0.906. The Bertz CT molecular complexity index is 595. The molecule has 0 radical (unpaired) electrons. The van der Waals surface area contributed by atoms with E-state index in [2.05, 4.69) is 24.4 Å². The summed E-state index contributed by atoms with van der Waals surface area (Å²) >= 11 is 6.12. The molecule has 0 amide bonds. The van der Waals surface area contributed by atoms with Gasteiger partial charge in [-0.25, -0.2) is 0 Å². The molecular formula is C18H20ClNO. The van der Waals surface area contributed by atoms with E-state index >= 15 is 0 Å². The zero-order valence-corrected chi connectivity index (χ0v) is 12.9. The highest BCUT2D eigenvalue weighted by molar-refractivity contribution is 6.30. The molecule has 0 saturated heterocycles. The Morgan fingerprint density at radius 3 is 2.67 bits per heavy atom. The molecule has 1 atom stereocenters. The summed E-state index contributed by atoms with van der Waals surface area (Å²) in [5.41, 5.74) is 2.30. The van der Waals surface area contributed by atoms with Gasteiger partial charge in [0.15, 0.2) is 0 Å². The van der Waals surface area contributed by atoms with E-state index in [0.717, 1.165) is 22.9 Å². The maximum absolute atomic E-state index is 6.14. The lowest BCUT2D eigenvalue weighted by atomic mass is 10.1. The maximum Gasteiger partial charge on any atom is 0.124 e. The van der Waals surface area contributed by atoms with Crippen molar-refractivity contribution in [2.45, 2.75) is 38.5 Å². The van der Waals surface area contributed by atoms with Gasteiger partial charge in [0.05, 0.1) is 0 Å². The first kappa shape index (κ1) is 14.4. The van der Waals surface area contributed by atoms with Crippen LogP contribution in [0.4, 0.5) is 0 Å². The topological polar surface area (TPSA) is 21.3 Å². The van der Waals surface area contributed by atoms with E-state index in [4.69, 9.17) is 16.3 Å². The van der Waals surface area contributed by atoms with Crippen LogP contribution in [0.5, 0.6) is 5.75 Å². The van der Waals surface area contributed by atoms with E-state index in [-0.39, 0.29) is 6.10 Å². The van der Waals surface area contributed by atoms with Crippen molar-refractivity contribution >= 4 is 11.6 Å². The number of benzene rings is 2. The SMILES string of the molecule is CC(Oc1ccc(Cl)cc1CNC1CC1)c1ccccc1. The maximum atomic E-state index is 6.14. The second-order valence-electron chi connectivity index (χ2n) is 5.58. The molecule has 3 heteroatoms. The van der Waals surface area contributed by atoms with Crippen molar-refractivity contribution in [2.24, 2.45) is 0 Å². The molecule has 21 heavy (non-hydrogen) atoms. The Labute approximate surface area is 131 Å². The van der Waals surface area contributed by atoms with Crippen molar-refractivity contribution in [1.82, 2.24) is 5.32 Å². The van der Waals surface area contributed by atoms with E-state index in [1.54, 1.807) is 0 Å². The molecule has 0 spiro atoms. The van der Waals surface area contributed by atoms with Gasteiger partial charge >= 0.3 is 0 Å². The van der Waals surface area contributed by atoms with Gasteiger partial charge in [0.25, 0.3) is 0 Å². The molecule has 110 valence electrons. The third-order valence-electron chi connectivity index (χ3n) is 3.75. The second kappa shape index (κ2) is 6.50. The van der Waals surface area contributed by atoms with Crippen molar-refractivity contribution in [3.05, 3.63) is 64.7 Å². The average molecular weight is 302 g/mol. The van der Waals surface area contributed by atoms with Crippen LogP contribution in [-0.4, -0.2) is 6.04 Å². The second-order valence-corrected chi connectivity index (χ2v) is 6.01. The number of nitrogens with one attached hydrogen (secondary N) is 1. The molecule has 0 aromatic heterocycles. The van der Waals surface area contributed by atoms with Gasteiger partial charge in [-0.3, -0.25) is 0 Å². The molecule has 3 rings (SSSR count). The summed E-state index contributed by atoms with van der Waals surface area (Å²) in [4.78, 5) is 0. The Morgan fingerprint density at radius 1 is 1.19 bits per heavy atom. The first-order chi connectivity index (χ1) is 10.2. The van der Waals surface area contributed by atoms with E-state index in [9.17, 15) is 0 Å². The van der Waals surface area contributed by atoms with Gasteiger partial charge in [-0.15, -0.1) is 0 Å². The van der Waals surface area contributed by atoms with Gasteiger partial charge in [0, 0.05) is 23.2 Å². The lowest BCUT2D eigenvalue weighted by Gasteiger charge is -2.18. The van der Waals surface area contributed by atoms with Crippen LogP contribution in [0.25, 0.3) is 0 Å². The fourth-order valence-electron chi connectivity index (χ4n) is 2.33. The summed E-state index contributed by atoms with van der Waals surface area (Å²) in [6.07, 6.45) is 2.57. The Morgan fingerprint density at radius 2 is 1.95 bits per heavy atom. The fraction of sp³-hybridized carbons (Fsp3) is 0.333. The molecule has 2 aromatic carbocycles. The zero-order valence-electron chi connectivity index (χ0n) is 12.2. The van der Waals surface area contributed by atoms with Crippen LogP contribution in [0.2, 0.25) is 5.02 Å². The van der Waals surface area contributed by atoms with Crippen LogP contribution in [0.1, 0.15) is 37.0 Å². The normalized spacial score (nSPS) is 15.7. The van der Waals surface area contributed by atoms with Crippen LogP contribution < -0.4 is 10.1 Å². The lowest BCUT2D eigenvalue weighted by molar-refractivity contribution is 0.224. The van der Waals surface area contributed by atoms with E-state index in [1.807, 2.05) is 36.4 Å². The Balaban J connectivity index is 1.73. The predicted octanol–water partition coefficient (Wildman–Crippen LogP) is 4.73. The van der Waals surface area contributed by atoms with Gasteiger partial charge in [-0.1, -0.05) is 41.9 Å². The molecular weight excluding hydrogens is 282 g/mol. The molecule has 0 heterocycles. The first-order valence-electron chi connectivity index (χ1n) is 7.46. The zero-order chi connectivity index (χ0) is 14.7. The summed E-state index contributed by atoms with van der Waals surface area (Å²) in [7, 11) is 0. The standard InChI is InChI=1S/C18H20ClNO/c1-13(14-5-3-2-4-6-14)21-18-10-7-16(19)11-15(18)12-20-17-8-9-17/h2-7,10-11,13,17,20H,8-9,12H2,1H3. The van der Waals surface area contributed by atoms with Crippen LogP contribution in [0.3, 0.4) is 0 Å². The minimum absolute atomic E-state index is 0.0204. The highest BCUT2D eigenvalue weighted by Crippen LogP contribution is 2.29. The molecule has 1 saturated carbocycles. The smallest absolute Gasteiger partial charge is 0.124 e. The van der Waals surface area contributed by atoms with Crippen molar-refractivity contribution in [3.63, 3.8) is 0 Å². The number of halogens is 1. The molecule has 2 nitrogen and oxygen atoms in total. The van der Waals surface area contributed by atoms with Crippen LogP contribution in [0.15, 0.2) is 48.5 Å². The number of rotatable bonds is 6.